The van der Waals surface area contributed by atoms with Crippen LogP contribution >= 0.6 is 11.6 Å². The molecule has 0 fully saturated rings. The van der Waals surface area contributed by atoms with Crippen molar-refractivity contribution < 1.29 is 0 Å². The van der Waals surface area contributed by atoms with Crippen molar-refractivity contribution in [2.24, 2.45) is 0 Å². The van der Waals surface area contributed by atoms with Crippen LogP contribution in [0.15, 0.2) is 12.4 Å². The van der Waals surface area contributed by atoms with E-state index in [2.05, 4.69) is 29.0 Å². The number of rotatable bonds is 5. The van der Waals surface area contributed by atoms with Crippen LogP contribution in [0.4, 0.5) is 0 Å². The van der Waals surface area contributed by atoms with E-state index in [1.54, 1.807) is 12.4 Å². The number of aromatic nitrogens is 4. The van der Waals surface area contributed by atoms with Crippen molar-refractivity contribution in [3.05, 3.63) is 23.4 Å². The molecule has 0 saturated heterocycles. The molecule has 0 amide bonds. The van der Waals surface area contributed by atoms with Gasteiger partial charge in [-0.2, -0.15) is 0 Å². The van der Waals surface area contributed by atoms with Crippen molar-refractivity contribution in [3.8, 4) is 0 Å². The van der Waals surface area contributed by atoms with Gasteiger partial charge in [-0.1, -0.05) is 38.3 Å². The van der Waals surface area contributed by atoms with E-state index in [0.29, 0.717) is 11.1 Å². The molecular formula is C12H17ClN4. The SMILES string of the molecule is CCCC(CCC)c1nnc2cncc(Cl)n12. The van der Waals surface area contributed by atoms with Crippen molar-refractivity contribution in [3.63, 3.8) is 0 Å². The molecule has 0 radical (unpaired) electrons. The van der Waals surface area contributed by atoms with Crippen LogP contribution in [0.3, 0.4) is 0 Å². The van der Waals surface area contributed by atoms with Gasteiger partial charge in [-0.3, -0.25) is 9.38 Å². The lowest BCUT2D eigenvalue weighted by Crippen LogP contribution is -2.05. The van der Waals surface area contributed by atoms with Crippen LogP contribution in [0.2, 0.25) is 5.15 Å². The first-order valence-electron chi connectivity index (χ1n) is 6.12. The summed E-state index contributed by atoms with van der Waals surface area (Å²) in [5.74, 6) is 1.40. The second-order valence-corrected chi connectivity index (χ2v) is 4.64. The minimum atomic E-state index is 0.430. The normalized spacial score (nSPS) is 11.5. The fraction of sp³-hybridized carbons (Fsp3) is 0.583. The summed E-state index contributed by atoms with van der Waals surface area (Å²) in [6.45, 7) is 4.38. The predicted molar refractivity (Wildman–Crippen MR) is 68.3 cm³/mol. The van der Waals surface area contributed by atoms with Crippen LogP contribution < -0.4 is 0 Å². The van der Waals surface area contributed by atoms with Crippen molar-refractivity contribution in [1.29, 1.82) is 0 Å². The van der Waals surface area contributed by atoms with Gasteiger partial charge in [0.2, 0.25) is 0 Å². The van der Waals surface area contributed by atoms with Gasteiger partial charge in [0, 0.05) is 5.92 Å². The largest absolute Gasteiger partial charge is 0.266 e. The molecule has 2 heterocycles. The second kappa shape index (κ2) is 5.45. The highest BCUT2D eigenvalue weighted by Crippen LogP contribution is 2.26. The zero-order valence-corrected chi connectivity index (χ0v) is 11.0. The Morgan fingerprint density at radius 2 is 1.88 bits per heavy atom. The Labute approximate surface area is 106 Å². The van der Waals surface area contributed by atoms with Crippen molar-refractivity contribution >= 4 is 17.2 Å². The van der Waals surface area contributed by atoms with Gasteiger partial charge in [0.05, 0.1) is 12.4 Å². The van der Waals surface area contributed by atoms with Crippen LogP contribution in [0.5, 0.6) is 0 Å². The fourth-order valence-corrected chi connectivity index (χ4v) is 2.43. The third-order valence-electron chi connectivity index (χ3n) is 2.94. The van der Waals surface area contributed by atoms with Crippen LogP contribution in [-0.2, 0) is 0 Å². The number of halogens is 1. The zero-order chi connectivity index (χ0) is 12.3. The lowest BCUT2D eigenvalue weighted by molar-refractivity contribution is 0.529. The molecule has 0 saturated carbocycles. The summed E-state index contributed by atoms with van der Waals surface area (Å²) in [6, 6.07) is 0. The lowest BCUT2D eigenvalue weighted by atomic mass is 9.97. The third kappa shape index (κ3) is 2.41. The van der Waals surface area contributed by atoms with Crippen molar-refractivity contribution in [2.45, 2.75) is 45.4 Å². The molecule has 0 atom stereocenters. The molecule has 17 heavy (non-hydrogen) atoms. The first-order valence-corrected chi connectivity index (χ1v) is 6.50. The summed E-state index contributed by atoms with van der Waals surface area (Å²) in [5, 5.41) is 9.00. The van der Waals surface area contributed by atoms with E-state index in [9.17, 15) is 0 Å². The molecule has 92 valence electrons. The van der Waals surface area contributed by atoms with E-state index < -0.39 is 0 Å². The Bertz CT molecular complexity index is 488. The van der Waals surface area contributed by atoms with Gasteiger partial charge in [0.1, 0.15) is 11.0 Å². The molecule has 0 aliphatic rings. The molecule has 0 aromatic carbocycles. The van der Waals surface area contributed by atoms with Crippen LogP contribution in [0, 0.1) is 0 Å². The number of fused-ring (bicyclic) bond motifs is 1. The average molecular weight is 253 g/mol. The summed E-state index contributed by atoms with van der Waals surface area (Å²) >= 11 is 6.17. The minimum Gasteiger partial charge on any atom is -0.266 e. The molecule has 5 heteroatoms. The summed E-state index contributed by atoms with van der Waals surface area (Å²) in [6.07, 6.45) is 7.85. The Morgan fingerprint density at radius 3 is 2.53 bits per heavy atom. The topological polar surface area (TPSA) is 43.1 Å². The Kier molecular flexibility index (Phi) is 3.94. The first-order chi connectivity index (χ1) is 8.27. The average Bonchev–Trinajstić information content (AvgIpc) is 2.74. The van der Waals surface area contributed by atoms with E-state index in [1.165, 1.54) is 0 Å². The summed E-state index contributed by atoms with van der Waals surface area (Å²) in [5.41, 5.74) is 0.727. The maximum absolute atomic E-state index is 6.17. The highest BCUT2D eigenvalue weighted by molar-refractivity contribution is 6.29. The molecule has 0 aliphatic carbocycles. The zero-order valence-electron chi connectivity index (χ0n) is 10.2. The summed E-state index contributed by atoms with van der Waals surface area (Å²) < 4.78 is 1.91. The van der Waals surface area contributed by atoms with E-state index in [1.807, 2.05) is 4.40 Å². The lowest BCUT2D eigenvalue weighted by Gasteiger charge is -2.13. The van der Waals surface area contributed by atoms with Crippen molar-refractivity contribution in [1.82, 2.24) is 19.6 Å². The van der Waals surface area contributed by atoms with Crippen LogP contribution in [0.25, 0.3) is 5.65 Å². The van der Waals surface area contributed by atoms with Crippen LogP contribution in [-0.4, -0.2) is 19.6 Å². The van der Waals surface area contributed by atoms with Crippen molar-refractivity contribution in [2.75, 3.05) is 0 Å². The maximum Gasteiger partial charge on any atom is 0.180 e. The molecule has 0 spiro atoms. The fourth-order valence-electron chi connectivity index (χ4n) is 2.20. The molecule has 2 aromatic rings. The molecule has 2 aromatic heterocycles. The maximum atomic E-state index is 6.17. The molecule has 0 aliphatic heterocycles. The Balaban J connectivity index is 2.45. The second-order valence-electron chi connectivity index (χ2n) is 4.26. The first kappa shape index (κ1) is 12.3. The summed E-state index contributed by atoms with van der Waals surface area (Å²) in [7, 11) is 0. The highest BCUT2D eigenvalue weighted by Gasteiger charge is 2.18. The van der Waals surface area contributed by atoms with Gasteiger partial charge < -0.3 is 0 Å². The molecule has 2 rings (SSSR count). The quantitative estimate of drug-likeness (QED) is 0.819. The Morgan fingerprint density at radius 1 is 1.18 bits per heavy atom. The van der Waals surface area contributed by atoms with E-state index in [4.69, 9.17) is 11.6 Å². The molecule has 0 unspecified atom stereocenters. The van der Waals surface area contributed by atoms with Gasteiger partial charge >= 0.3 is 0 Å². The van der Waals surface area contributed by atoms with E-state index in [-0.39, 0.29) is 0 Å². The van der Waals surface area contributed by atoms with Gasteiger partial charge in [0.15, 0.2) is 5.65 Å². The number of hydrogen-bond donors (Lipinski definition) is 0. The minimum absolute atomic E-state index is 0.430. The number of hydrogen-bond acceptors (Lipinski definition) is 3. The van der Waals surface area contributed by atoms with E-state index in [0.717, 1.165) is 37.2 Å². The molecule has 0 bridgehead atoms. The van der Waals surface area contributed by atoms with E-state index >= 15 is 0 Å². The summed E-state index contributed by atoms with van der Waals surface area (Å²) in [4.78, 5) is 4.02. The Hall–Kier alpha value is -1.16. The van der Waals surface area contributed by atoms with Crippen LogP contribution in [0.1, 0.15) is 51.3 Å². The van der Waals surface area contributed by atoms with Gasteiger partial charge in [-0.15, -0.1) is 10.2 Å². The van der Waals surface area contributed by atoms with Gasteiger partial charge in [0.25, 0.3) is 0 Å². The standard InChI is InChI=1S/C12H17ClN4/c1-3-5-9(6-4-2)12-16-15-11-8-14-7-10(13)17(11)12/h7-9H,3-6H2,1-2H3. The monoisotopic (exact) mass is 252 g/mol. The third-order valence-corrected chi connectivity index (χ3v) is 3.20. The molecular weight excluding hydrogens is 236 g/mol. The smallest absolute Gasteiger partial charge is 0.180 e. The molecule has 4 nitrogen and oxygen atoms in total. The molecule has 0 N–H and O–H groups in total. The highest BCUT2D eigenvalue weighted by atomic mass is 35.5. The van der Waals surface area contributed by atoms with Gasteiger partial charge in [-0.25, -0.2) is 0 Å². The predicted octanol–water partition coefficient (Wildman–Crippen LogP) is 3.46. The number of nitrogens with zero attached hydrogens (tertiary/aromatic N) is 4. The van der Waals surface area contributed by atoms with Gasteiger partial charge in [-0.05, 0) is 12.8 Å².